The van der Waals surface area contributed by atoms with Crippen LogP contribution >= 0.6 is 22.9 Å². The number of para-hydroxylation sites is 1. The van der Waals surface area contributed by atoms with Gasteiger partial charge in [-0.1, -0.05) is 53.3 Å². The van der Waals surface area contributed by atoms with Gasteiger partial charge in [-0.25, -0.2) is 9.79 Å². The summed E-state index contributed by atoms with van der Waals surface area (Å²) in [6.07, 6.45) is 3.61. The van der Waals surface area contributed by atoms with Crippen molar-refractivity contribution in [3.63, 3.8) is 0 Å². The van der Waals surface area contributed by atoms with Crippen LogP contribution in [0.4, 0.5) is 0 Å². The number of hydrogen-bond acceptors (Lipinski definition) is 5. The number of aromatic nitrogens is 2. The van der Waals surface area contributed by atoms with E-state index in [1.807, 2.05) is 60.3 Å². The third-order valence-electron chi connectivity index (χ3n) is 5.98. The van der Waals surface area contributed by atoms with Gasteiger partial charge in [0.05, 0.1) is 27.9 Å². The molecule has 8 heteroatoms. The van der Waals surface area contributed by atoms with Gasteiger partial charge in [0.2, 0.25) is 0 Å². The number of esters is 1. The van der Waals surface area contributed by atoms with Crippen LogP contribution in [0.15, 0.2) is 75.8 Å². The number of nitrogens with zero attached hydrogens (tertiary/aromatic N) is 3. The van der Waals surface area contributed by atoms with Gasteiger partial charge in [0.15, 0.2) is 4.80 Å². The van der Waals surface area contributed by atoms with Crippen LogP contribution in [0.3, 0.4) is 0 Å². The molecule has 0 amide bonds. The Morgan fingerprint density at radius 2 is 1.89 bits per heavy atom. The first-order valence-corrected chi connectivity index (χ1v) is 12.5. The van der Waals surface area contributed by atoms with E-state index in [-0.39, 0.29) is 11.7 Å². The van der Waals surface area contributed by atoms with E-state index in [4.69, 9.17) is 16.3 Å². The fourth-order valence-electron chi connectivity index (χ4n) is 4.45. The summed E-state index contributed by atoms with van der Waals surface area (Å²) in [5.74, 6) is -0.482. The van der Waals surface area contributed by atoms with Crippen molar-refractivity contribution in [3.8, 4) is 0 Å². The van der Waals surface area contributed by atoms with Gasteiger partial charge < -0.3 is 9.30 Å². The van der Waals surface area contributed by atoms with Gasteiger partial charge in [-0.15, -0.1) is 0 Å². The highest BCUT2D eigenvalue weighted by atomic mass is 35.5. The average molecular weight is 506 g/mol. The molecule has 2 aromatic carbocycles. The monoisotopic (exact) mass is 505 g/mol. The lowest BCUT2D eigenvalue weighted by molar-refractivity contribution is -0.143. The van der Waals surface area contributed by atoms with Crippen LogP contribution < -0.4 is 14.9 Å². The van der Waals surface area contributed by atoms with E-state index in [1.165, 1.54) is 11.3 Å². The molecule has 35 heavy (non-hydrogen) atoms. The highest BCUT2D eigenvalue weighted by Crippen LogP contribution is 2.31. The molecule has 0 bridgehead atoms. The summed E-state index contributed by atoms with van der Waals surface area (Å²) in [6, 6.07) is 14.6. The number of fused-ring (bicyclic) bond motifs is 2. The summed E-state index contributed by atoms with van der Waals surface area (Å²) < 4.78 is 9.72. The molecule has 0 saturated heterocycles. The molecule has 0 aliphatic carbocycles. The minimum absolute atomic E-state index is 0.205. The molecule has 2 aromatic heterocycles. The highest BCUT2D eigenvalue weighted by molar-refractivity contribution is 7.07. The highest BCUT2D eigenvalue weighted by Gasteiger charge is 2.33. The molecule has 3 heterocycles. The van der Waals surface area contributed by atoms with Crippen LogP contribution in [0.1, 0.15) is 37.9 Å². The lowest BCUT2D eigenvalue weighted by Gasteiger charge is -2.25. The van der Waals surface area contributed by atoms with Gasteiger partial charge in [-0.3, -0.25) is 9.36 Å². The third kappa shape index (κ3) is 4.15. The van der Waals surface area contributed by atoms with Gasteiger partial charge in [0.1, 0.15) is 0 Å². The number of carbonyl (C=O) groups excluding carboxylic acids is 1. The van der Waals surface area contributed by atoms with Crippen molar-refractivity contribution in [1.82, 2.24) is 9.13 Å². The van der Waals surface area contributed by atoms with Gasteiger partial charge in [-0.05, 0) is 50.6 Å². The lowest BCUT2D eigenvalue weighted by Crippen LogP contribution is -2.40. The normalized spacial score (nSPS) is 16.1. The maximum atomic E-state index is 13.8. The third-order valence-corrected chi connectivity index (χ3v) is 7.22. The number of allylic oxidation sites excluding steroid dienone is 1. The molecule has 178 valence electrons. The SMILES string of the molecule is CC1=C(C(=O)OC(C)C)[C@H](c2ccc(Cl)cc2)n2c(s/c(=C/c3cn(C)c4ccccc34)c2=O)=N1. The second kappa shape index (κ2) is 8.98. The van der Waals surface area contributed by atoms with Gasteiger partial charge in [0.25, 0.3) is 5.56 Å². The predicted molar refractivity (Wildman–Crippen MR) is 139 cm³/mol. The summed E-state index contributed by atoms with van der Waals surface area (Å²) in [5.41, 5.74) is 3.48. The number of hydrogen-bond donors (Lipinski definition) is 0. The van der Waals surface area contributed by atoms with E-state index < -0.39 is 12.0 Å². The fourth-order valence-corrected chi connectivity index (χ4v) is 5.61. The molecule has 1 atom stereocenters. The first-order chi connectivity index (χ1) is 16.7. The zero-order valence-corrected chi connectivity index (χ0v) is 21.4. The Balaban J connectivity index is 1.74. The van der Waals surface area contributed by atoms with Crippen LogP contribution in [0, 0.1) is 0 Å². The van der Waals surface area contributed by atoms with Crippen LogP contribution in [0.2, 0.25) is 5.02 Å². The predicted octanol–water partition coefficient (Wildman–Crippen LogP) is 4.33. The largest absolute Gasteiger partial charge is 0.459 e. The lowest BCUT2D eigenvalue weighted by atomic mass is 9.96. The Hall–Kier alpha value is -3.42. The van der Waals surface area contributed by atoms with Crippen molar-refractivity contribution < 1.29 is 9.53 Å². The van der Waals surface area contributed by atoms with E-state index >= 15 is 0 Å². The second-order valence-electron chi connectivity index (χ2n) is 8.80. The molecule has 6 nitrogen and oxygen atoms in total. The summed E-state index contributed by atoms with van der Waals surface area (Å²) in [5, 5.41) is 1.64. The van der Waals surface area contributed by atoms with Crippen molar-refractivity contribution in [2.45, 2.75) is 32.9 Å². The maximum absolute atomic E-state index is 13.8. The quantitative estimate of drug-likeness (QED) is 0.388. The molecule has 0 unspecified atom stereocenters. The van der Waals surface area contributed by atoms with Gasteiger partial charge >= 0.3 is 5.97 Å². The Kier molecular flexibility index (Phi) is 5.99. The first kappa shape index (κ1) is 23.3. The maximum Gasteiger partial charge on any atom is 0.338 e. The Bertz CT molecular complexity index is 1670. The molecule has 1 aliphatic heterocycles. The molecule has 0 spiro atoms. The van der Waals surface area contributed by atoms with E-state index in [0.29, 0.717) is 25.6 Å². The number of halogens is 1. The zero-order valence-electron chi connectivity index (χ0n) is 19.8. The van der Waals surface area contributed by atoms with E-state index in [1.54, 1.807) is 37.5 Å². The van der Waals surface area contributed by atoms with Crippen molar-refractivity contribution in [2.24, 2.45) is 12.0 Å². The Morgan fingerprint density at radius 1 is 1.17 bits per heavy atom. The number of ether oxygens (including phenoxy) is 1. The summed E-state index contributed by atoms with van der Waals surface area (Å²) in [4.78, 5) is 32.1. The van der Waals surface area contributed by atoms with Crippen LogP contribution in [0.25, 0.3) is 17.0 Å². The molecular formula is C27H24ClN3O3S. The number of carbonyl (C=O) groups is 1. The topological polar surface area (TPSA) is 65.6 Å². The number of benzene rings is 2. The minimum atomic E-state index is -0.663. The van der Waals surface area contributed by atoms with Gasteiger partial charge in [0, 0.05) is 34.7 Å². The summed E-state index contributed by atoms with van der Waals surface area (Å²) >= 11 is 7.44. The summed E-state index contributed by atoms with van der Waals surface area (Å²) in [6.45, 7) is 5.37. The molecule has 0 radical (unpaired) electrons. The average Bonchev–Trinajstić information content (AvgIpc) is 3.29. The van der Waals surface area contributed by atoms with Crippen LogP contribution in [-0.4, -0.2) is 21.2 Å². The Morgan fingerprint density at radius 3 is 2.60 bits per heavy atom. The first-order valence-electron chi connectivity index (χ1n) is 11.3. The smallest absolute Gasteiger partial charge is 0.338 e. The van der Waals surface area contributed by atoms with Gasteiger partial charge in [-0.2, -0.15) is 0 Å². The summed E-state index contributed by atoms with van der Waals surface area (Å²) in [7, 11) is 1.98. The number of thiazole rings is 1. The Labute approximate surface area is 211 Å². The number of rotatable bonds is 4. The zero-order chi connectivity index (χ0) is 24.9. The molecule has 0 N–H and O–H groups in total. The molecule has 0 saturated carbocycles. The molecule has 4 aromatic rings. The number of aryl methyl sites for hydroxylation is 1. The van der Waals surface area contributed by atoms with Crippen molar-refractivity contribution >= 4 is 45.9 Å². The molecular weight excluding hydrogens is 482 g/mol. The standard InChI is InChI=1S/C27H24ClN3O3S/c1-15(2)34-26(33)23-16(3)29-27-31(24(23)17-9-11-19(28)12-10-17)25(32)22(35-27)13-18-14-30(4)21-8-6-5-7-20(18)21/h5-15,24H,1-4H3/b22-13+/t24-/m0/s1. The van der Waals surface area contributed by atoms with Crippen molar-refractivity contribution in [1.29, 1.82) is 0 Å². The van der Waals surface area contributed by atoms with E-state index in [2.05, 4.69) is 4.99 Å². The molecule has 5 rings (SSSR count). The van der Waals surface area contributed by atoms with E-state index in [9.17, 15) is 9.59 Å². The van der Waals surface area contributed by atoms with Crippen molar-refractivity contribution in [3.05, 3.63) is 102 Å². The molecule has 1 aliphatic rings. The second-order valence-corrected chi connectivity index (χ2v) is 10.2. The van der Waals surface area contributed by atoms with Crippen LogP contribution in [0.5, 0.6) is 0 Å². The fraction of sp³-hybridized carbons (Fsp3) is 0.222. The molecule has 0 fully saturated rings. The van der Waals surface area contributed by atoms with E-state index in [0.717, 1.165) is 22.0 Å². The van der Waals surface area contributed by atoms with Crippen LogP contribution in [-0.2, 0) is 16.6 Å². The van der Waals surface area contributed by atoms with Crippen molar-refractivity contribution in [2.75, 3.05) is 0 Å². The minimum Gasteiger partial charge on any atom is -0.459 e.